The molecule has 73 heavy (non-hydrogen) atoms. The summed E-state index contributed by atoms with van der Waals surface area (Å²) in [5, 5.41) is 197. The first-order valence-electron chi connectivity index (χ1n) is 23.1. The molecule has 30 atom stereocenters. The maximum absolute atomic E-state index is 12.6. The van der Waals surface area contributed by atoms with E-state index < -0.39 is 236 Å². The Kier molecular flexibility index (Phi) is 21.3. The molecule has 0 bridgehead atoms. The predicted molar refractivity (Wildman–Crippen MR) is 222 cm³/mol. The van der Waals surface area contributed by atoms with Crippen molar-refractivity contribution in [2.75, 3.05) is 39.6 Å². The van der Waals surface area contributed by atoms with Crippen LogP contribution >= 0.6 is 0 Å². The maximum Gasteiger partial charge on any atom is 0.217 e. The van der Waals surface area contributed by atoms with Crippen molar-refractivity contribution in [3.63, 3.8) is 0 Å². The quantitative estimate of drug-likeness (QED) is 0.0606. The van der Waals surface area contributed by atoms with Crippen LogP contribution in [0, 0.1) is 0 Å². The Hall–Kier alpha value is -2.22. The van der Waals surface area contributed by atoms with E-state index in [1.807, 2.05) is 0 Å². The number of amides is 2. The summed E-state index contributed by atoms with van der Waals surface area (Å²) < 4.78 is 62.8. The number of nitrogens with one attached hydrogen (secondary N) is 2. The summed E-state index contributed by atoms with van der Waals surface area (Å²) in [4.78, 5) is 24.5. The van der Waals surface area contributed by atoms with Crippen molar-refractivity contribution in [3.8, 4) is 0 Å². The van der Waals surface area contributed by atoms with E-state index in [2.05, 4.69) is 10.6 Å². The molecule has 1 unspecified atom stereocenters. The average molecular weight is 1070 g/mol. The van der Waals surface area contributed by atoms with Gasteiger partial charge >= 0.3 is 0 Å². The highest BCUT2D eigenvalue weighted by Gasteiger charge is 2.57. The van der Waals surface area contributed by atoms with Crippen LogP contribution in [-0.4, -0.2) is 327 Å². The molecule has 0 aromatic carbocycles. The summed E-state index contributed by atoms with van der Waals surface area (Å²) in [6.45, 7) is -3.66. The van der Waals surface area contributed by atoms with Gasteiger partial charge in [0, 0.05) is 13.8 Å². The van der Waals surface area contributed by atoms with Gasteiger partial charge in [0.25, 0.3) is 0 Å². The smallest absolute Gasteiger partial charge is 0.217 e. The highest BCUT2D eigenvalue weighted by atomic mass is 16.8. The topological polar surface area (TPSA) is 524 Å². The minimum absolute atomic E-state index is 0.718. The first kappa shape index (κ1) is 60.0. The number of hydrogen-bond acceptors (Lipinski definition) is 31. The summed E-state index contributed by atoms with van der Waals surface area (Å²) in [6, 6.07) is -3.30. The van der Waals surface area contributed by atoms with E-state index in [1.165, 1.54) is 0 Å². The van der Waals surface area contributed by atoms with Crippen molar-refractivity contribution in [2.24, 2.45) is 0 Å². The number of hydrogen-bond donors (Lipinski definition) is 20. The van der Waals surface area contributed by atoms with Crippen LogP contribution in [0.1, 0.15) is 13.8 Å². The van der Waals surface area contributed by atoms with Gasteiger partial charge in [-0.05, 0) is 0 Å². The second-order valence-electron chi connectivity index (χ2n) is 18.3. The highest BCUT2D eigenvalue weighted by molar-refractivity contribution is 5.73. The first-order valence-corrected chi connectivity index (χ1v) is 23.1. The van der Waals surface area contributed by atoms with Crippen LogP contribution in [0.25, 0.3) is 0 Å². The molecule has 0 saturated carbocycles. The largest absolute Gasteiger partial charge is 0.394 e. The van der Waals surface area contributed by atoms with Gasteiger partial charge in [-0.25, -0.2) is 0 Å². The fourth-order valence-corrected chi connectivity index (χ4v) is 9.20. The van der Waals surface area contributed by atoms with Gasteiger partial charge in [0.15, 0.2) is 37.7 Å². The molecule has 0 radical (unpaired) electrons. The third-order valence-corrected chi connectivity index (χ3v) is 13.2. The average Bonchev–Trinajstić information content (AvgIpc) is 3.35. The first-order chi connectivity index (χ1) is 34.5. The normalized spacial score (nSPS) is 49.8. The van der Waals surface area contributed by atoms with Gasteiger partial charge in [-0.3, -0.25) is 9.59 Å². The van der Waals surface area contributed by atoms with E-state index in [4.69, 9.17) is 52.1 Å². The van der Waals surface area contributed by atoms with Crippen molar-refractivity contribution in [1.29, 1.82) is 0 Å². The van der Waals surface area contributed by atoms with Crippen molar-refractivity contribution >= 4 is 11.8 Å². The van der Waals surface area contributed by atoms with Crippen LogP contribution < -0.4 is 10.6 Å². The molecule has 0 aromatic rings. The Morgan fingerprint density at radius 1 is 0.356 bits per heavy atom. The van der Waals surface area contributed by atoms with E-state index in [0.717, 1.165) is 13.8 Å². The lowest BCUT2D eigenvalue weighted by molar-refractivity contribution is -0.389. The lowest BCUT2D eigenvalue weighted by Crippen LogP contribution is -2.70. The van der Waals surface area contributed by atoms with Gasteiger partial charge in [0.05, 0.1) is 39.6 Å². The van der Waals surface area contributed by atoms with Gasteiger partial charge < -0.3 is 155 Å². The Balaban J connectivity index is 1.29. The molecule has 424 valence electrons. The molecule has 0 aliphatic carbocycles. The molecule has 33 heteroatoms. The van der Waals surface area contributed by atoms with E-state index in [-0.39, 0.29) is 0 Å². The van der Waals surface area contributed by atoms with Crippen molar-refractivity contribution < 1.29 is 154 Å². The molecule has 6 aliphatic rings. The fraction of sp³-hybridized carbons (Fsp3) is 0.950. The zero-order valence-electron chi connectivity index (χ0n) is 38.9. The van der Waals surface area contributed by atoms with Gasteiger partial charge in [0.2, 0.25) is 11.8 Å². The van der Waals surface area contributed by atoms with Crippen LogP contribution in [0.2, 0.25) is 0 Å². The van der Waals surface area contributed by atoms with E-state index >= 15 is 0 Å². The van der Waals surface area contributed by atoms with E-state index in [1.54, 1.807) is 0 Å². The van der Waals surface area contributed by atoms with Crippen LogP contribution in [0.3, 0.4) is 0 Å². The third kappa shape index (κ3) is 13.0. The Morgan fingerprint density at radius 2 is 0.726 bits per heavy atom. The molecule has 20 N–H and O–H groups in total. The molecule has 0 aromatic heterocycles. The van der Waals surface area contributed by atoms with Crippen LogP contribution in [0.15, 0.2) is 0 Å². The number of aliphatic hydroxyl groups is 18. The van der Waals surface area contributed by atoms with Gasteiger partial charge in [-0.1, -0.05) is 0 Å². The van der Waals surface area contributed by atoms with Crippen LogP contribution in [-0.2, 0) is 61.7 Å². The van der Waals surface area contributed by atoms with Crippen molar-refractivity contribution in [1.82, 2.24) is 10.6 Å². The number of aliphatic hydroxyl groups excluding tert-OH is 18. The van der Waals surface area contributed by atoms with Gasteiger partial charge in [-0.2, -0.15) is 0 Å². The van der Waals surface area contributed by atoms with Gasteiger partial charge in [-0.15, -0.1) is 0 Å². The maximum atomic E-state index is 12.6. The standard InChI is InChI=1S/C40H68N2O31/c1-9(48)41-17-23(54)31(14(6-46)64-35(17)62)70-36-18(42-10(2)49)24(55)32(15(7-47)68-36)71-39-30(61)33(72-37-28(59)25(56)19(50)11(3-43)65-37)22(53)16(69-39)8-63-40-34(27(58)21(52)13(5-45)67-40)73-38-29(60)26(57)20(51)12(4-44)66-38/h11-40,43-47,50-62H,3-8H2,1-2H3,(H,41,48)(H,42,49)/t11-,12-,13-,14-,15-,16-,17-,18-,19-,20-,21-,22-,23-,24-,25+,26+,27+,28+,29+,30+,31-,32-,33+,34+,35?,36+,37-,38-,39+,40+/m1/s1. The van der Waals surface area contributed by atoms with E-state index in [9.17, 15) is 102 Å². The molecule has 6 saturated heterocycles. The SMILES string of the molecule is CC(=O)N[C@H]1[C@H](O[C@H]2[C@H](O)[C@@H](NC(C)=O)C(O)O[C@@H]2CO)O[C@H](CO)[C@@H](O[C@@H]2O[C@H](CO[C@H]3O[C@H](CO)[C@@H](O)[C@H](O)[C@@H]3O[C@H]3O[C@H](CO)[C@@H](O)[C@H](O)[C@@H]3O)[C@@H](O)[C@H](O[C@H]3O[C@H](CO)[C@@H](O)[C@H](O)[C@@H]3O)[C@@H]2O)[C@@H]1O. The zero-order valence-corrected chi connectivity index (χ0v) is 38.9. The van der Waals surface area contributed by atoms with Gasteiger partial charge in [0.1, 0.15) is 146 Å². The summed E-state index contributed by atoms with van der Waals surface area (Å²) in [7, 11) is 0. The second kappa shape index (κ2) is 26.0. The molecule has 0 spiro atoms. The van der Waals surface area contributed by atoms with Crippen LogP contribution in [0.5, 0.6) is 0 Å². The Labute approximate surface area is 413 Å². The molecular weight excluding hydrogens is 1000 g/mol. The number of carbonyl (C=O) groups excluding carboxylic acids is 2. The summed E-state index contributed by atoms with van der Waals surface area (Å²) in [5.41, 5.74) is 0. The zero-order chi connectivity index (χ0) is 53.9. The predicted octanol–water partition coefficient (Wildman–Crippen LogP) is -13.8. The molecule has 6 heterocycles. The lowest BCUT2D eigenvalue weighted by Gasteiger charge is -2.50. The minimum Gasteiger partial charge on any atom is -0.394 e. The number of carbonyl (C=O) groups is 2. The Bertz CT molecular complexity index is 1750. The number of rotatable bonds is 18. The number of ether oxygens (including phenoxy) is 11. The second-order valence-corrected chi connectivity index (χ2v) is 18.3. The molecule has 6 rings (SSSR count). The van der Waals surface area contributed by atoms with Crippen molar-refractivity contribution in [2.45, 2.75) is 198 Å². The molecular formula is C40H68N2O31. The van der Waals surface area contributed by atoms with Crippen molar-refractivity contribution in [3.05, 3.63) is 0 Å². The molecule has 33 nitrogen and oxygen atoms in total. The van der Waals surface area contributed by atoms with E-state index in [0.29, 0.717) is 0 Å². The monoisotopic (exact) mass is 1070 g/mol. The third-order valence-electron chi connectivity index (χ3n) is 13.2. The fourth-order valence-electron chi connectivity index (χ4n) is 9.20. The molecule has 2 amide bonds. The minimum atomic E-state index is -2.28. The highest BCUT2D eigenvalue weighted by Crippen LogP contribution is 2.36. The Morgan fingerprint density at radius 3 is 1.22 bits per heavy atom. The van der Waals surface area contributed by atoms with Crippen LogP contribution in [0.4, 0.5) is 0 Å². The summed E-state index contributed by atoms with van der Waals surface area (Å²) in [6.07, 6.45) is -53.8. The summed E-state index contributed by atoms with van der Waals surface area (Å²) in [5.74, 6) is -1.56. The summed E-state index contributed by atoms with van der Waals surface area (Å²) >= 11 is 0. The molecule has 6 fully saturated rings. The lowest BCUT2D eigenvalue weighted by atomic mass is 9.94. The molecule has 6 aliphatic heterocycles.